The molecule has 0 aromatic heterocycles. The Morgan fingerprint density at radius 1 is 1.40 bits per heavy atom. The Kier molecular flexibility index (Phi) is 4.01. The molecule has 0 aliphatic carbocycles. The molecule has 1 saturated heterocycles. The minimum atomic E-state index is 0.343. The Bertz CT molecular complexity index is 310. The summed E-state index contributed by atoms with van der Waals surface area (Å²) in [6, 6.07) is 7.84. The van der Waals surface area contributed by atoms with Gasteiger partial charge in [-0.15, -0.1) is 0 Å². The van der Waals surface area contributed by atoms with Gasteiger partial charge in [0, 0.05) is 11.6 Å². The van der Waals surface area contributed by atoms with Crippen molar-refractivity contribution in [2.45, 2.75) is 25.6 Å². The highest BCUT2D eigenvalue weighted by Crippen LogP contribution is 2.17. The van der Waals surface area contributed by atoms with Gasteiger partial charge in [0.1, 0.15) is 0 Å². The van der Waals surface area contributed by atoms with E-state index in [0.717, 1.165) is 30.1 Å². The van der Waals surface area contributed by atoms with Crippen molar-refractivity contribution in [1.29, 1.82) is 0 Å². The molecule has 2 nitrogen and oxygen atoms in total. The summed E-state index contributed by atoms with van der Waals surface area (Å²) in [6.45, 7) is 2.70. The van der Waals surface area contributed by atoms with Crippen molar-refractivity contribution < 1.29 is 4.74 Å². The summed E-state index contributed by atoms with van der Waals surface area (Å²) < 4.78 is 5.80. The van der Waals surface area contributed by atoms with E-state index in [2.05, 4.69) is 5.32 Å². The fourth-order valence-electron chi connectivity index (χ4n) is 1.79. The van der Waals surface area contributed by atoms with Crippen LogP contribution in [0.1, 0.15) is 18.4 Å². The molecule has 2 rings (SSSR count). The van der Waals surface area contributed by atoms with E-state index >= 15 is 0 Å². The fraction of sp³-hybridized carbons (Fsp3) is 0.500. The standard InChI is InChI=1S/C12H16ClNO/c13-12-6-2-1-4-10(12)9-15-11-5-3-7-14-8-11/h1-2,4,6,11,14H,3,5,7-9H2. The molecule has 3 heteroatoms. The van der Waals surface area contributed by atoms with Gasteiger partial charge in [0.05, 0.1) is 12.7 Å². The second kappa shape index (κ2) is 5.50. The van der Waals surface area contributed by atoms with Gasteiger partial charge in [0.2, 0.25) is 0 Å². The third kappa shape index (κ3) is 3.20. The smallest absolute Gasteiger partial charge is 0.0735 e. The Balaban J connectivity index is 1.84. The molecule has 0 amide bonds. The number of nitrogens with one attached hydrogen (secondary N) is 1. The van der Waals surface area contributed by atoms with Crippen LogP contribution in [0.4, 0.5) is 0 Å². The number of hydrogen-bond acceptors (Lipinski definition) is 2. The van der Waals surface area contributed by atoms with Crippen LogP contribution in [0, 0.1) is 0 Å². The van der Waals surface area contributed by atoms with Crippen molar-refractivity contribution in [3.63, 3.8) is 0 Å². The second-order valence-corrected chi connectivity index (χ2v) is 4.28. The van der Waals surface area contributed by atoms with Gasteiger partial charge in [-0.1, -0.05) is 29.8 Å². The summed E-state index contributed by atoms with van der Waals surface area (Å²) >= 11 is 6.05. The average Bonchev–Trinajstić information content (AvgIpc) is 2.29. The maximum absolute atomic E-state index is 6.05. The Morgan fingerprint density at radius 3 is 3.00 bits per heavy atom. The molecule has 1 unspecified atom stereocenters. The summed E-state index contributed by atoms with van der Waals surface area (Å²) in [5.41, 5.74) is 1.07. The van der Waals surface area contributed by atoms with E-state index in [4.69, 9.17) is 16.3 Å². The highest BCUT2D eigenvalue weighted by Gasteiger charge is 2.13. The molecule has 1 fully saturated rings. The van der Waals surface area contributed by atoms with Gasteiger partial charge < -0.3 is 10.1 Å². The zero-order valence-electron chi connectivity index (χ0n) is 8.71. The second-order valence-electron chi connectivity index (χ2n) is 3.87. The Labute approximate surface area is 95.6 Å². The van der Waals surface area contributed by atoms with E-state index in [1.165, 1.54) is 6.42 Å². The quantitative estimate of drug-likeness (QED) is 0.854. The van der Waals surface area contributed by atoms with Crippen molar-refractivity contribution in [2.75, 3.05) is 13.1 Å². The molecule has 1 aromatic rings. The first kappa shape index (κ1) is 10.9. The number of halogens is 1. The molecule has 0 radical (unpaired) electrons. The van der Waals surface area contributed by atoms with Crippen LogP contribution in [-0.2, 0) is 11.3 Å². The van der Waals surface area contributed by atoms with Crippen LogP contribution in [0.2, 0.25) is 5.02 Å². The lowest BCUT2D eigenvalue weighted by atomic mass is 10.1. The summed E-state index contributed by atoms with van der Waals surface area (Å²) in [7, 11) is 0. The van der Waals surface area contributed by atoms with E-state index in [0.29, 0.717) is 12.7 Å². The Morgan fingerprint density at radius 2 is 2.27 bits per heavy atom. The normalized spacial score (nSPS) is 21.5. The monoisotopic (exact) mass is 225 g/mol. The van der Waals surface area contributed by atoms with Gasteiger partial charge in [0.25, 0.3) is 0 Å². The molecular formula is C12H16ClNO. The molecule has 1 heterocycles. The van der Waals surface area contributed by atoms with Gasteiger partial charge in [0.15, 0.2) is 0 Å². The highest BCUT2D eigenvalue weighted by molar-refractivity contribution is 6.31. The van der Waals surface area contributed by atoms with Crippen molar-refractivity contribution in [3.05, 3.63) is 34.9 Å². The first-order valence-corrected chi connectivity index (χ1v) is 5.80. The van der Waals surface area contributed by atoms with Crippen LogP contribution in [0.15, 0.2) is 24.3 Å². The van der Waals surface area contributed by atoms with Crippen LogP contribution in [0.25, 0.3) is 0 Å². The molecule has 1 aliphatic heterocycles. The van der Waals surface area contributed by atoms with Gasteiger partial charge >= 0.3 is 0 Å². The van der Waals surface area contributed by atoms with Gasteiger partial charge in [-0.05, 0) is 31.0 Å². The minimum Gasteiger partial charge on any atom is -0.372 e. The summed E-state index contributed by atoms with van der Waals surface area (Å²) in [5.74, 6) is 0. The van der Waals surface area contributed by atoms with Crippen molar-refractivity contribution in [3.8, 4) is 0 Å². The minimum absolute atomic E-state index is 0.343. The van der Waals surface area contributed by atoms with Crippen LogP contribution in [0.3, 0.4) is 0 Å². The van der Waals surface area contributed by atoms with Gasteiger partial charge in [-0.2, -0.15) is 0 Å². The topological polar surface area (TPSA) is 21.3 Å². The first-order valence-electron chi connectivity index (χ1n) is 5.42. The van der Waals surface area contributed by atoms with Crippen LogP contribution < -0.4 is 5.32 Å². The predicted octanol–water partition coefficient (Wildman–Crippen LogP) is 2.61. The van der Waals surface area contributed by atoms with E-state index in [-0.39, 0.29) is 0 Å². The van der Waals surface area contributed by atoms with Crippen molar-refractivity contribution in [2.24, 2.45) is 0 Å². The number of hydrogen-bond donors (Lipinski definition) is 1. The van der Waals surface area contributed by atoms with Gasteiger partial charge in [-0.3, -0.25) is 0 Å². The lowest BCUT2D eigenvalue weighted by Gasteiger charge is -2.23. The molecule has 15 heavy (non-hydrogen) atoms. The van der Waals surface area contributed by atoms with Crippen LogP contribution in [0.5, 0.6) is 0 Å². The lowest BCUT2D eigenvalue weighted by molar-refractivity contribution is 0.0253. The van der Waals surface area contributed by atoms with Crippen molar-refractivity contribution >= 4 is 11.6 Å². The average molecular weight is 226 g/mol. The molecule has 0 saturated carbocycles. The summed E-state index contributed by atoms with van der Waals surface area (Å²) in [6.07, 6.45) is 2.69. The first-order chi connectivity index (χ1) is 7.36. The molecule has 0 bridgehead atoms. The number of ether oxygens (including phenoxy) is 1. The lowest BCUT2D eigenvalue weighted by Crippen LogP contribution is -2.35. The van der Waals surface area contributed by atoms with E-state index in [1.807, 2.05) is 24.3 Å². The van der Waals surface area contributed by atoms with Gasteiger partial charge in [-0.25, -0.2) is 0 Å². The summed E-state index contributed by atoms with van der Waals surface area (Å²) in [5, 5.41) is 4.12. The predicted molar refractivity (Wildman–Crippen MR) is 62.1 cm³/mol. The van der Waals surface area contributed by atoms with Crippen LogP contribution in [-0.4, -0.2) is 19.2 Å². The van der Waals surface area contributed by atoms with E-state index in [1.54, 1.807) is 0 Å². The largest absolute Gasteiger partial charge is 0.372 e. The highest BCUT2D eigenvalue weighted by atomic mass is 35.5. The van der Waals surface area contributed by atoms with E-state index < -0.39 is 0 Å². The van der Waals surface area contributed by atoms with Crippen molar-refractivity contribution in [1.82, 2.24) is 5.32 Å². The van der Waals surface area contributed by atoms with Crippen LogP contribution >= 0.6 is 11.6 Å². The zero-order valence-corrected chi connectivity index (χ0v) is 9.46. The number of rotatable bonds is 3. The maximum Gasteiger partial charge on any atom is 0.0735 e. The van der Waals surface area contributed by atoms with E-state index in [9.17, 15) is 0 Å². The molecule has 1 aromatic carbocycles. The SMILES string of the molecule is Clc1ccccc1COC1CCCNC1. The fourth-order valence-corrected chi connectivity index (χ4v) is 1.98. The summed E-state index contributed by atoms with van der Waals surface area (Å²) in [4.78, 5) is 0. The molecule has 1 aliphatic rings. The molecule has 82 valence electrons. The molecule has 1 N–H and O–H groups in total. The third-order valence-corrected chi connectivity index (χ3v) is 3.05. The zero-order chi connectivity index (χ0) is 10.5. The maximum atomic E-state index is 6.05. The molecule has 1 atom stereocenters. The third-order valence-electron chi connectivity index (χ3n) is 2.68. The Hall–Kier alpha value is -0.570. The number of benzene rings is 1. The number of piperidine rings is 1. The molecular weight excluding hydrogens is 210 g/mol. The molecule has 0 spiro atoms.